The second-order valence-electron chi connectivity index (χ2n) is 6.33. The van der Waals surface area contributed by atoms with E-state index in [1.807, 2.05) is 7.05 Å². The molecule has 118 valence electrons. The predicted octanol–water partition coefficient (Wildman–Crippen LogP) is 2.44. The zero-order valence-corrected chi connectivity index (χ0v) is 15.5. The number of guanidine groups is 1. The summed E-state index contributed by atoms with van der Waals surface area (Å²) < 4.78 is 0. The molecule has 0 spiro atoms. The molecule has 2 N–H and O–H groups in total. The lowest BCUT2D eigenvalue weighted by Gasteiger charge is -2.29. The molecular weight excluding hydrogens is 363 g/mol. The molecule has 1 saturated carbocycles. The first-order valence-corrected chi connectivity index (χ1v) is 7.86. The number of aliphatic imine (C=N–C) groups is 1. The molecule has 0 aromatic heterocycles. The molecular formula is C15H31IN4. The lowest BCUT2D eigenvalue weighted by atomic mass is 9.87. The van der Waals surface area contributed by atoms with Crippen LogP contribution in [0.3, 0.4) is 0 Å². The van der Waals surface area contributed by atoms with Gasteiger partial charge in [-0.2, -0.15) is 0 Å². The van der Waals surface area contributed by atoms with Crippen molar-refractivity contribution in [1.29, 1.82) is 0 Å². The van der Waals surface area contributed by atoms with Gasteiger partial charge >= 0.3 is 0 Å². The number of nitrogens with zero attached hydrogens (tertiary/aromatic N) is 2. The van der Waals surface area contributed by atoms with Crippen LogP contribution in [0.25, 0.3) is 0 Å². The number of hydrogen-bond donors (Lipinski definition) is 2. The van der Waals surface area contributed by atoms with Gasteiger partial charge in [-0.25, -0.2) is 0 Å². The molecule has 0 aromatic rings. The van der Waals surface area contributed by atoms with Crippen LogP contribution < -0.4 is 10.6 Å². The van der Waals surface area contributed by atoms with Crippen molar-refractivity contribution in [3.63, 3.8) is 0 Å². The van der Waals surface area contributed by atoms with Crippen molar-refractivity contribution in [2.45, 2.75) is 57.5 Å². The van der Waals surface area contributed by atoms with Crippen LogP contribution in [0.2, 0.25) is 0 Å². The van der Waals surface area contributed by atoms with Gasteiger partial charge in [0.1, 0.15) is 0 Å². The average Bonchev–Trinajstić information content (AvgIpc) is 2.82. The minimum absolute atomic E-state index is 0. The first-order valence-electron chi connectivity index (χ1n) is 7.86. The summed E-state index contributed by atoms with van der Waals surface area (Å²) in [5, 5.41) is 7.08. The Kier molecular flexibility index (Phi) is 8.17. The van der Waals surface area contributed by atoms with E-state index in [0.29, 0.717) is 12.1 Å². The maximum absolute atomic E-state index is 4.36. The van der Waals surface area contributed by atoms with Gasteiger partial charge in [0.15, 0.2) is 5.96 Å². The van der Waals surface area contributed by atoms with E-state index in [1.54, 1.807) is 0 Å². The van der Waals surface area contributed by atoms with Gasteiger partial charge in [0.05, 0.1) is 0 Å². The Morgan fingerprint density at radius 2 is 1.90 bits per heavy atom. The SMILES string of the molecule is CN=C(NCC1CCCN1C)NC1CCC(C)CC1.I. The summed E-state index contributed by atoms with van der Waals surface area (Å²) in [5.74, 6) is 1.89. The Balaban J connectivity index is 0.00000200. The van der Waals surface area contributed by atoms with Crippen LogP contribution in [0.4, 0.5) is 0 Å². The summed E-state index contributed by atoms with van der Waals surface area (Å²) in [4.78, 5) is 6.81. The third-order valence-electron chi connectivity index (χ3n) is 4.76. The van der Waals surface area contributed by atoms with Gasteiger partial charge in [-0.05, 0) is 58.0 Å². The van der Waals surface area contributed by atoms with Crippen molar-refractivity contribution >= 4 is 29.9 Å². The number of rotatable bonds is 3. The van der Waals surface area contributed by atoms with Crippen LogP contribution in [0, 0.1) is 5.92 Å². The molecule has 0 bridgehead atoms. The number of likely N-dealkylation sites (tertiary alicyclic amines) is 1. The van der Waals surface area contributed by atoms with Crippen LogP contribution >= 0.6 is 24.0 Å². The van der Waals surface area contributed by atoms with E-state index < -0.39 is 0 Å². The fourth-order valence-corrected chi connectivity index (χ4v) is 3.24. The van der Waals surface area contributed by atoms with E-state index in [9.17, 15) is 0 Å². The third-order valence-corrected chi connectivity index (χ3v) is 4.76. The summed E-state index contributed by atoms with van der Waals surface area (Å²) in [6.07, 6.45) is 7.90. The lowest BCUT2D eigenvalue weighted by Crippen LogP contribution is -2.48. The Morgan fingerprint density at radius 1 is 1.20 bits per heavy atom. The molecule has 1 aliphatic heterocycles. The molecule has 0 radical (unpaired) electrons. The van der Waals surface area contributed by atoms with E-state index in [4.69, 9.17) is 0 Å². The van der Waals surface area contributed by atoms with E-state index in [-0.39, 0.29) is 24.0 Å². The average molecular weight is 394 g/mol. The maximum Gasteiger partial charge on any atom is 0.191 e. The van der Waals surface area contributed by atoms with Crippen molar-refractivity contribution in [2.75, 3.05) is 27.2 Å². The van der Waals surface area contributed by atoms with Crippen LogP contribution in [0.1, 0.15) is 45.4 Å². The van der Waals surface area contributed by atoms with Gasteiger partial charge in [-0.15, -0.1) is 24.0 Å². The Labute approximate surface area is 141 Å². The highest BCUT2D eigenvalue weighted by molar-refractivity contribution is 14.0. The van der Waals surface area contributed by atoms with Crippen LogP contribution in [-0.2, 0) is 0 Å². The van der Waals surface area contributed by atoms with E-state index >= 15 is 0 Å². The molecule has 20 heavy (non-hydrogen) atoms. The first kappa shape index (κ1) is 18.0. The monoisotopic (exact) mass is 394 g/mol. The summed E-state index contributed by atoms with van der Waals surface area (Å²) >= 11 is 0. The second kappa shape index (κ2) is 9.07. The smallest absolute Gasteiger partial charge is 0.191 e. The van der Waals surface area contributed by atoms with Crippen molar-refractivity contribution in [2.24, 2.45) is 10.9 Å². The van der Waals surface area contributed by atoms with Gasteiger partial charge in [0.2, 0.25) is 0 Å². The molecule has 1 unspecified atom stereocenters. The Hall–Kier alpha value is -0.0400. The van der Waals surface area contributed by atoms with Gasteiger partial charge < -0.3 is 15.5 Å². The van der Waals surface area contributed by atoms with Crippen LogP contribution in [-0.4, -0.2) is 50.1 Å². The van der Waals surface area contributed by atoms with Crippen molar-refractivity contribution in [3.8, 4) is 0 Å². The summed E-state index contributed by atoms with van der Waals surface area (Å²) in [7, 11) is 4.09. The van der Waals surface area contributed by atoms with Gasteiger partial charge in [0.25, 0.3) is 0 Å². The lowest BCUT2D eigenvalue weighted by molar-refractivity contribution is 0.306. The molecule has 1 heterocycles. The number of halogens is 1. The fourth-order valence-electron chi connectivity index (χ4n) is 3.24. The number of likely N-dealkylation sites (N-methyl/N-ethyl adjacent to an activating group) is 1. The van der Waals surface area contributed by atoms with Crippen molar-refractivity contribution in [1.82, 2.24) is 15.5 Å². The second-order valence-corrected chi connectivity index (χ2v) is 6.33. The Morgan fingerprint density at radius 3 is 2.45 bits per heavy atom. The predicted molar refractivity (Wildman–Crippen MR) is 97.0 cm³/mol. The topological polar surface area (TPSA) is 39.7 Å². The molecule has 0 amide bonds. The number of hydrogen-bond acceptors (Lipinski definition) is 2. The fraction of sp³-hybridized carbons (Fsp3) is 0.933. The highest BCUT2D eigenvalue weighted by atomic mass is 127. The highest BCUT2D eigenvalue weighted by Crippen LogP contribution is 2.23. The zero-order valence-electron chi connectivity index (χ0n) is 13.2. The molecule has 5 heteroatoms. The van der Waals surface area contributed by atoms with Crippen molar-refractivity contribution in [3.05, 3.63) is 0 Å². The number of nitrogens with one attached hydrogen (secondary N) is 2. The van der Waals surface area contributed by atoms with Crippen LogP contribution in [0.15, 0.2) is 4.99 Å². The summed E-state index contributed by atoms with van der Waals surface area (Å²) in [5.41, 5.74) is 0. The summed E-state index contributed by atoms with van der Waals surface area (Å²) in [6, 6.07) is 1.29. The van der Waals surface area contributed by atoms with Gasteiger partial charge in [-0.1, -0.05) is 6.92 Å². The van der Waals surface area contributed by atoms with Gasteiger partial charge in [0, 0.05) is 25.7 Å². The summed E-state index contributed by atoms with van der Waals surface area (Å²) in [6.45, 7) is 4.61. The molecule has 0 aromatic carbocycles. The minimum atomic E-state index is 0. The molecule has 1 saturated heterocycles. The van der Waals surface area contributed by atoms with Gasteiger partial charge in [-0.3, -0.25) is 4.99 Å². The molecule has 1 atom stereocenters. The largest absolute Gasteiger partial charge is 0.355 e. The minimum Gasteiger partial charge on any atom is -0.355 e. The normalized spacial score (nSPS) is 31.8. The highest BCUT2D eigenvalue weighted by Gasteiger charge is 2.22. The zero-order chi connectivity index (χ0) is 13.7. The van der Waals surface area contributed by atoms with E-state index in [0.717, 1.165) is 18.4 Å². The van der Waals surface area contributed by atoms with E-state index in [2.05, 4.69) is 34.5 Å². The Bertz CT molecular complexity index is 300. The molecule has 4 nitrogen and oxygen atoms in total. The quantitative estimate of drug-likeness (QED) is 0.439. The molecule has 1 aliphatic carbocycles. The maximum atomic E-state index is 4.36. The van der Waals surface area contributed by atoms with Crippen molar-refractivity contribution < 1.29 is 0 Å². The van der Waals surface area contributed by atoms with Crippen LogP contribution in [0.5, 0.6) is 0 Å². The molecule has 2 rings (SSSR count). The third kappa shape index (κ3) is 5.39. The molecule has 2 fully saturated rings. The molecule has 2 aliphatic rings. The standard InChI is InChI=1S/C15H30N4.HI/c1-12-6-8-13(9-7-12)18-15(16-2)17-11-14-5-4-10-19(14)3;/h12-14H,4-11H2,1-3H3,(H2,16,17,18);1H. The first-order chi connectivity index (χ1) is 9.19. The van der Waals surface area contributed by atoms with E-state index in [1.165, 1.54) is 45.1 Å².